The Morgan fingerprint density at radius 2 is 1.82 bits per heavy atom. The molecule has 4 rings (SSSR count). The average Bonchev–Trinajstić information content (AvgIpc) is 2.84. The van der Waals surface area contributed by atoms with Crippen molar-refractivity contribution >= 4 is 5.91 Å². The zero-order valence-corrected chi connectivity index (χ0v) is 19.6. The highest BCUT2D eigenvalue weighted by Gasteiger charge is 2.24. The summed E-state index contributed by atoms with van der Waals surface area (Å²) in [5, 5.41) is 2.83. The van der Waals surface area contributed by atoms with Crippen molar-refractivity contribution in [1.82, 2.24) is 5.32 Å². The van der Waals surface area contributed by atoms with E-state index in [9.17, 15) is 9.18 Å². The van der Waals surface area contributed by atoms with Crippen LogP contribution in [-0.2, 0) is 22.6 Å². The summed E-state index contributed by atoms with van der Waals surface area (Å²) in [5.74, 6) is 0.437. The van der Waals surface area contributed by atoms with Gasteiger partial charge in [0.2, 0.25) is 5.91 Å². The zero-order chi connectivity index (χ0) is 23.8. The second kappa shape index (κ2) is 11.8. The fourth-order valence-electron chi connectivity index (χ4n) is 4.49. The lowest BCUT2D eigenvalue weighted by Gasteiger charge is -2.30. The van der Waals surface area contributed by atoms with Crippen LogP contribution in [-0.4, -0.2) is 24.7 Å². The standard InChI is InChI=1S/C29H32FNO3/c1-21(32)31-16-15-23-13-14-28(19-29(23)24-9-5-10-25(30)17-24)34-27-12-6-11-26(18-27)33-20-22-7-3-2-4-8-22/h2-5,7-10,13-14,17,19,26-27H,6,11-12,15-16,18,20H2,1H3,(H,31,32). The summed E-state index contributed by atoms with van der Waals surface area (Å²) in [5.41, 5.74) is 3.95. The fourth-order valence-corrected chi connectivity index (χ4v) is 4.49. The third kappa shape index (κ3) is 6.91. The highest BCUT2D eigenvalue weighted by Crippen LogP contribution is 2.32. The van der Waals surface area contributed by atoms with Gasteiger partial charge in [0.05, 0.1) is 12.7 Å². The van der Waals surface area contributed by atoms with Crippen molar-refractivity contribution in [2.75, 3.05) is 6.54 Å². The van der Waals surface area contributed by atoms with Crippen LogP contribution in [0.2, 0.25) is 0 Å². The largest absolute Gasteiger partial charge is 0.490 e. The molecule has 0 heterocycles. The maximum Gasteiger partial charge on any atom is 0.216 e. The Morgan fingerprint density at radius 3 is 2.62 bits per heavy atom. The van der Waals surface area contributed by atoms with Crippen LogP contribution in [0.3, 0.4) is 0 Å². The Morgan fingerprint density at radius 1 is 1.00 bits per heavy atom. The molecule has 2 unspecified atom stereocenters. The van der Waals surface area contributed by atoms with Gasteiger partial charge in [0.15, 0.2) is 0 Å². The predicted molar refractivity (Wildman–Crippen MR) is 132 cm³/mol. The highest BCUT2D eigenvalue weighted by atomic mass is 19.1. The molecule has 0 bridgehead atoms. The summed E-state index contributed by atoms with van der Waals surface area (Å²) in [7, 11) is 0. The van der Waals surface area contributed by atoms with Crippen molar-refractivity contribution in [3.05, 3.63) is 89.7 Å². The Labute approximate surface area is 201 Å². The molecule has 1 aliphatic carbocycles. The number of nitrogens with one attached hydrogen (secondary N) is 1. The van der Waals surface area contributed by atoms with Gasteiger partial charge in [-0.25, -0.2) is 4.39 Å². The quantitative estimate of drug-likeness (QED) is 0.420. The topological polar surface area (TPSA) is 47.6 Å². The summed E-state index contributed by atoms with van der Waals surface area (Å²) in [6, 6.07) is 22.8. The van der Waals surface area contributed by atoms with Crippen LogP contribution < -0.4 is 10.1 Å². The number of carbonyl (C=O) groups is 1. The Balaban J connectivity index is 1.44. The molecule has 34 heavy (non-hydrogen) atoms. The van der Waals surface area contributed by atoms with Gasteiger partial charge in [0, 0.05) is 19.9 Å². The molecule has 3 aromatic carbocycles. The lowest BCUT2D eigenvalue weighted by Crippen LogP contribution is -2.30. The van der Waals surface area contributed by atoms with Gasteiger partial charge >= 0.3 is 0 Å². The summed E-state index contributed by atoms with van der Waals surface area (Å²) in [6.07, 6.45) is 4.87. The number of carbonyl (C=O) groups excluding carboxylic acids is 1. The molecule has 0 spiro atoms. The first-order chi connectivity index (χ1) is 16.6. The van der Waals surface area contributed by atoms with E-state index in [0.29, 0.717) is 19.6 Å². The van der Waals surface area contributed by atoms with Crippen LogP contribution >= 0.6 is 0 Å². The number of hydrogen-bond donors (Lipinski definition) is 1. The number of hydrogen-bond acceptors (Lipinski definition) is 3. The molecule has 0 aromatic heterocycles. The van der Waals surface area contributed by atoms with Gasteiger partial charge in [-0.1, -0.05) is 48.5 Å². The molecule has 2 atom stereocenters. The van der Waals surface area contributed by atoms with E-state index in [2.05, 4.69) is 17.4 Å². The van der Waals surface area contributed by atoms with E-state index in [4.69, 9.17) is 9.47 Å². The molecular formula is C29H32FNO3. The number of amides is 1. The third-order valence-electron chi connectivity index (χ3n) is 6.19. The second-order valence-electron chi connectivity index (χ2n) is 8.89. The molecule has 1 aliphatic rings. The molecular weight excluding hydrogens is 429 g/mol. The fraction of sp³-hybridized carbons (Fsp3) is 0.345. The van der Waals surface area contributed by atoms with Crippen LogP contribution in [0, 0.1) is 5.82 Å². The van der Waals surface area contributed by atoms with E-state index < -0.39 is 0 Å². The summed E-state index contributed by atoms with van der Waals surface area (Å²) >= 11 is 0. The molecule has 0 aliphatic heterocycles. The molecule has 178 valence electrons. The van der Waals surface area contributed by atoms with Crippen LogP contribution in [0.4, 0.5) is 4.39 Å². The van der Waals surface area contributed by atoms with Crippen LogP contribution in [0.5, 0.6) is 5.75 Å². The van der Waals surface area contributed by atoms with E-state index in [1.54, 1.807) is 6.07 Å². The van der Waals surface area contributed by atoms with Crippen molar-refractivity contribution in [2.45, 2.75) is 57.8 Å². The van der Waals surface area contributed by atoms with Gasteiger partial charge in [0.1, 0.15) is 17.7 Å². The lowest BCUT2D eigenvalue weighted by atomic mass is 9.94. The van der Waals surface area contributed by atoms with Crippen molar-refractivity contribution in [1.29, 1.82) is 0 Å². The molecule has 0 radical (unpaired) electrons. The van der Waals surface area contributed by atoms with Gasteiger partial charge in [-0.2, -0.15) is 0 Å². The SMILES string of the molecule is CC(=O)NCCc1ccc(OC2CCCC(OCc3ccccc3)C2)cc1-c1cccc(F)c1. The molecule has 5 heteroatoms. The molecule has 4 nitrogen and oxygen atoms in total. The normalized spacial score (nSPS) is 17.8. The van der Waals surface area contributed by atoms with Crippen LogP contribution in [0.25, 0.3) is 11.1 Å². The number of ether oxygens (including phenoxy) is 2. The van der Waals surface area contributed by atoms with Crippen LogP contribution in [0.1, 0.15) is 43.7 Å². The predicted octanol–water partition coefficient (Wildman–Crippen LogP) is 6.08. The molecule has 1 saturated carbocycles. The Bertz CT molecular complexity index is 1090. The number of benzene rings is 3. The molecule has 1 fully saturated rings. The van der Waals surface area contributed by atoms with Gasteiger partial charge in [-0.3, -0.25) is 4.79 Å². The van der Waals surface area contributed by atoms with E-state index in [1.165, 1.54) is 24.6 Å². The molecule has 0 saturated heterocycles. The minimum absolute atomic E-state index is 0.0615. The Hall–Kier alpha value is -3.18. The number of halogens is 1. The van der Waals surface area contributed by atoms with Crippen LogP contribution in [0.15, 0.2) is 72.8 Å². The maximum absolute atomic E-state index is 14.0. The smallest absolute Gasteiger partial charge is 0.216 e. The maximum atomic E-state index is 14.0. The van der Waals surface area contributed by atoms with Gasteiger partial charge in [-0.05, 0) is 72.2 Å². The van der Waals surface area contributed by atoms with E-state index in [0.717, 1.165) is 48.1 Å². The summed E-state index contributed by atoms with van der Waals surface area (Å²) < 4.78 is 26.5. The molecule has 1 N–H and O–H groups in total. The number of rotatable bonds is 9. The van der Waals surface area contributed by atoms with Crippen molar-refractivity contribution in [3.8, 4) is 16.9 Å². The van der Waals surface area contributed by atoms with Crippen molar-refractivity contribution in [3.63, 3.8) is 0 Å². The van der Waals surface area contributed by atoms with Crippen molar-refractivity contribution in [2.24, 2.45) is 0 Å². The average molecular weight is 462 g/mol. The van der Waals surface area contributed by atoms with E-state index in [1.807, 2.05) is 42.5 Å². The van der Waals surface area contributed by atoms with Gasteiger partial charge in [-0.15, -0.1) is 0 Å². The molecule has 1 amide bonds. The summed E-state index contributed by atoms with van der Waals surface area (Å²) in [6.45, 7) is 2.65. The summed E-state index contributed by atoms with van der Waals surface area (Å²) in [4.78, 5) is 11.3. The first kappa shape index (κ1) is 24.0. The van der Waals surface area contributed by atoms with Crippen molar-refractivity contribution < 1.29 is 18.7 Å². The monoisotopic (exact) mass is 461 g/mol. The lowest BCUT2D eigenvalue weighted by molar-refractivity contribution is -0.118. The van der Waals surface area contributed by atoms with E-state index in [-0.39, 0.29) is 23.9 Å². The van der Waals surface area contributed by atoms with Gasteiger partial charge < -0.3 is 14.8 Å². The first-order valence-electron chi connectivity index (χ1n) is 12.0. The minimum atomic E-state index is -0.276. The molecule has 3 aromatic rings. The highest BCUT2D eigenvalue weighted by molar-refractivity contribution is 5.73. The second-order valence-corrected chi connectivity index (χ2v) is 8.89. The van der Waals surface area contributed by atoms with E-state index >= 15 is 0 Å². The Kier molecular flexibility index (Phi) is 8.31. The van der Waals surface area contributed by atoms with Gasteiger partial charge in [0.25, 0.3) is 0 Å². The third-order valence-corrected chi connectivity index (χ3v) is 6.19. The zero-order valence-electron chi connectivity index (χ0n) is 19.6. The first-order valence-corrected chi connectivity index (χ1v) is 12.0. The minimum Gasteiger partial charge on any atom is -0.490 e.